The molecule has 0 amide bonds. The number of hydrogen-bond donors (Lipinski definition) is 0. The number of benzene rings is 3. The van der Waals surface area contributed by atoms with Crippen molar-refractivity contribution in [2.24, 2.45) is 9.98 Å². The van der Waals surface area contributed by atoms with Crippen molar-refractivity contribution in [3.05, 3.63) is 92.6 Å². The first-order valence-electron chi connectivity index (χ1n) is 8.43. The largest absolute Gasteiger partial charge is 0.288 e. The fourth-order valence-corrected chi connectivity index (χ4v) is 3.53. The van der Waals surface area contributed by atoms with Gasteiger partial charge in [-0.05, 0) is 50.2 Å². The highest BCUT2D eigenvalue weighted by molar-refractivity contribution is 6.15. The first-order chi connectivity index (χ1) is 12.5. The minimum atomic E-state index is -0.0751. The maximum Gasteiger partial charge on any atom is 0.197 e. The minimum absolute atomic E-state index is 0.0751. The van der Waals surface area contributed by atoms with Crippen LogP contribution >= 0.6 is 0 Å². The number of ketones is 2. The number of carbonyl (C=O) groups excluding carboxylic acids is 2. The van der Waals surface area contributed by atoms with Gasteiger partial charge in [0.25, 0.3) is 0 Å². The van der Waals surface area contributed by atoms with Crippen LogP contribution in [0.15, 0.2) is 58.5 Å². The number of hydrogen-bond acceptors (Lipinski definition) is 4. The highest BCUT2D eigenvalue weighted by atomic mass is 16.1. The molecule has 26 heavy (non-hydrogen) atoms. The van der Waals surface area contributed by atoms with Crippen LogP contribution < -0.4 is 10.7 Å². The van der Waals surface area contributed by atoms with Crippen LogP contribution in [0.1, 0.15) is 43.0 Å². The summed E-state index contributed by atoms with van der Waals surface area (Å²) in [5.74, 6) is -0.150. The molecule has 0 saturated carbocycles. The number of carbonyl (C=O) groups is 2. The molecule has 0 bridgehead atoms. The third kappa shape index (κ3) is 2.02. The molecule has 5 rings (SSSR count). The topological polar surface area (TPSA) is 58.9 Å². The van der Waals surface area contributed by atoms with Crippen LogP contribution in [0.3, 0.4) is 0 Å². The molecule has 0 saturated heterocycles. The zero-order valence-electron chi connectivity index (χ0n) is 14.3. The molecular weight excluding hydrogens is 324 g/mol. The van der Waals surface area contributed by atoms with Gasteiger partial charge in [0.05, 0.1) is 33.2 Å². The summed E-state index contributed by atoms with van der Waals surface area (Å²) in [4.78, 5) is 35.1. The number of nitrogens with zero attached hydrogens (tertiary/aromatic N) is 2. The van der Waals surface area contributed by atoms with Gasteiger partial charge in [-0.15, -0.1) is 0 Å². The van der Waals surface area contributed by atoms with Gasteiger partial charge in [0, 0.05) is 11.1 Å². The van der Waals surface area contributed by atoms with Crippen LogP contribution in [0.5, 0.6) is 0 Å². The van der Waals surface area contributed by atoms with E-state index in [2.05, 4.69) is 9.98 Å². The zero-order chi connectivity index (χ0) is 18.0. The first-order valence-corrected chi connectivity index (χ1v) is 8.43. The van der Waals surface area contributed by atoms with E-state index < -0.39 is 0 Å². The summed E-state index contributed by atoms with van der Waals surface area (Å²) in [5.41, 5.74) is 5.49. The Morgan fingerprint density at radius 1 is 0.577 bits per heavy atom. The molecule has 3 aromatic rings. The molecule has 0 aromatic heterocycles. The van der Waals surface area contributed by atoms with Crippen molar-refractivity contribution in [3.8, 4) is 0 Å². The lowest BCUT2D eigenvalue weighted by atomic mass is 9.92. The van der Waals surface area contributed by atoms with Crippen molar-refractivity contribution in [1.82, 2.24) is 0 Å². The normalized spacial score (nSPS) is 13.8. The molecule has 2 heterocycles. The summed E-state index contributed by atoms with van der Waals surface area (Å²) in [6, 6.07) is 14.6. The molecule has 0 radical (unpaired) electrons. The van der Waals surface area contributed by atoms with E-state index in [1.807, 2.05) is 50.2 Å². The number of rotatable bonds is 0. The van der Waals surface area contributed by atoms with Crippen LogP contribution in [0, 0.1) is 13.8 Å². The van der Waals surface area contributed by atoms with E-state index >= 15 is 0 Å². The van der Waals surface area contributed by atoms with Gasteiger partial charge in [0.2, 0.25) is 0 Å². The van der Waals surface area contributed by atoms with Crippen LogP contribution in [0.2, 0.25) is 0 Å². The smallest absolute Gasteiger partial charge is 0.197 e. The van der Waals surface area contributed by atoms with E-state index in [4.69, 9.17) is 0 Å². The Labute approximate surface area is 149 Å². The molecule has 0 aliphatic carbocycles. The quantitative estimate of drug-likeness (QED) is 0.435. The maximum absolute atomic E-state index is 12.9. The Bertz CT molecular complexity index is 1180. The second-order valence-corrected chi connectivity index (χ2v) is 6.81. The molecule has 0 unspecified atom stereocenters. The van der Waals surface area contributed by atoms with Crippen molar-refractivity contribution < 1.29 is 9.59 Å². The predicted octanol–water partition coefficient (Wildman–Crippen LogP) is 3.29. The molecule has 3 aromatic carbocycles. The Morgan fingerprint density at radius 3 is 1.42 bits per heavy atom. The summed E-state index contributed by atoms with van der Waals surface area (Å²) < 4.78 is 0. The van der Waals surface area contributed by atoms with Gasteiger partial charge in [-0.2, -0.15) is 0 Å². The zero-order valence-corrected chi connectivity index (χ0v) is 14.3. The van der Waals surface area contributed by atoms with E-state index in [0.717, 1.165) is 11.1 Å². The molecule has 4 nitrogen and oxygen atoms in total. The number of fused-ring (bicyclic) bond motifs is 4. The van der Waals surface area contributed by atoms with Gasteiger partial charge in [-0.25, -0.2) is 9.98 Å². The minimum Gasteiger partial charge on any atom is -0.288 e. The average Bonchev–Trinajstić information content (AvgIpc) is 2.63. The standard InChI is InChI=1S/C22H14N2O2/c1-11-3-5-17-13(7-11)21(25)15-9-20-16(10-19(15)23-17)22(26)14-8-12(2)4-6-18(14)24-20/h3-10H,1-2H3. The molecule has 124 valence electrons. The summed E-state index contributed by atoms with van der Waals surface area (Å²) in [7, 11) is 0. The molecular formula is C22H14N2O2. The molecule has 0 N–H and O–H groups in total. The summed E-state index contributed by atoms with van der Waals surface area (Å²) in [6.45, 7) is 3.89. The van der Waals surface area contributed by atoms with Crippen LogP contribution in [0.4, 0.5) is 11.4 Å². The maximum atomic E-state index is 12.9. The third-order valence-corrected chi connectivity index (χ3v) is 4.88. The van der Waals surface area contributed by atoms with Crippen molar-refractivity contribution in [2.45, 2.75) is 13.8 Å². The Balaban J connectivity index is 1.82. The highest BCUT2D eigenvalue weighted by Gasteiger charge is 2.25. The van der Waals surface area contributed by atoms with Crippen molar-refractivity contribution in [2.75, 3.05) is 0 Å². The molecule has 0 spiro atoms. The Hall–Kier alpha value is -3.40. The number of aryl methyl sites for hydroxylation is 2. The Morgan fingerprint density at radius 2 is 1.00 bits per heavy atom. The summed E-state index contributed by atoms with van der Waals surface area (Å²) in [6.07, 6.45) is 0. The Kier molecular flexibility index (Phi) is 2.89. The van der Waals surface area contributed by atoms with E-state index in [0.29, 0.717) is 44.3 Å². The van der Waals surface area contributed by atoms with E-state index in [9.17, 15) is 9.59 Å². The molecule has 2 aliphatic heterocycles. The predicted molar refractivity (Wildman–Crippen MR) is 97.3 cm³/mol. The van der Waals surface area contributed by atoms with Gasteiger partial charge in [-0.3, -0.25) is 9.59 Å². The highest BCUT2D eigenvalue weighted by Crippen LogP contribution is 2.28. The van der Waals surface area contributed by atoms with E-state index in [-0.39, 0.29) is 11.6 Å². The van der Waals surface area contributed by atoms with Crippen LogP contribution in [-0.4, -0.2) is 11.6 Å². The van der Waals surface area contributed by atoms with Crippen molar-refractivity contribution in [3.63, 3.8) is 0 Å². The van der Waals surface area contributed by atoms with Crippen LogP contribution in [0.25, 0.3) is 0 Å². The van der Waals surface area contributed by atoms with Crippen LogP contribution in [-0.2, 0) is 0 Å². The van der Waals surface area contributed by atoms with Gasteiger partial charge in [0.15, 0.2) is 11.6 Å². The molecule has 0 fully saturated rings. The molecule has 0 atom stereocenters. The van der Waals surface area contributed by atoms with Gasteiger partial charge in [-0.1, -0.05) is 23.3 Å². The molecule has 4 heteroatoms. The first kappa shape index (κ1) is 14.9. The van der Waals surface area contributed by atoms with Crippen molar-refractivity contribution in [1.29, 1.82) is 0 Å². The average molecular weight is 338 g/mol. The van der Waals surface area contributed by atoms with Gasteiger partial charge < -0.3 is 0 Å². The lowest BCUT2D eigenvalue weighted by Crippen LogP contribution is -2.30. The SMILES string of the molecule is Cc1ccc2c(c1)C(=O)c1cc3c(cc1=N2)C(=O)c1cc(C)ccc1N=3. The fourth-order valence-electron chi connectivity index (χ4n) is 3.53. The summed E-state index contributed by atoms with van der Waals surface area (Å²) >= 11 is 0. The molecule has 2 aliphatic rings. The summed E-state index contributed by atoms with van der Waals surface area (Å²) in [5, 5.41) is 1.06. The lowest BCUT2D eigenvalue weighted by Gasteiger charge is -2.16. The van der Waals surface area contributed by atoms with Gasteiger partial charge in [0.1, 0.15) is 0 Å². The fraction of sp³-hybridized carbons (Fsp3) is 0.0909. The van der Waals surface area contributed by atoms with Crippen molar-refractivity contribution >= 4 is 22.9 Å². The third-order valence-electron chi connectivity index (χ3n) is 4.88. The van der Waals surface area contributed by atoms with E-state index in [1.54, 1.807) is 12.1 Å². The second kappa shape index (κ2) is 5.05. The lowest BCUT2D eigenvalue weighted by molar-refractivity contribution is 0.102. The monoisotopic (exact) mass is 338 g/mol. The van der Waals surface area contributed by atoms with E-state index in [1.165, 1.54) is 0 Å². The van der Waals surface area contributed by atoms with Gasteiger partial charge >= 0.3 is 0 Å². The second-order valence-electron chi connectivity index (χ2n) is 6.81.